The number of aliphatic carboxylic acids is 1. The monoisotopic (exact) mass is 500 g/mol. The second-order valence-corrected chi connectivity index (χ2v) is 9.50. The summed E-state index contributed by atoms with van der Waals surface area (Å²) in [5.74, 6) is -0.707. The maximum Gasteiger partial charge on any atom is 0.329 e. The van der Waals surface area contributed by atoms with Crippen molar-refractivity contribution in [3.63, 3.8) is 0 Å². The smallest absolute Gasteiger partial charge is 0.329 e. The lowest BCUT2D eigenvalue weighted by Crippen LogP contribution is -2.24. The van der Waals surface area contributed by atoms with Crippen LogP contribution in [0.25, 0.3) is 22.4 Å². The van der Waals surface area contributed by atoms with Crippen LogP contribution in [0.1, 0.15) is 31.4 Å². The average molecular weight is 501 g/mol. The second kappa shape index (κ2) is 11.8. The summed E-state index contributed by atoms with van der Waals surface area (Å²) >= 11 is 6.13. The summed E-state index contributed by atoms with van der Waals surface area (Å²) in [6.45, 7) is 0.790. The van der Waals surface area contributed by atoms with Crippen LogP contribution < -0.4 is 0 Å². The molecule has 0 spiro atoms. The van der Waals surface area contributed by atoms with Gasteiger partial charge in [-0.05, 0) is 43.6 Å². The molecule has 0 aliphatic heterocycles. The first kappa shape index (κ1) is 25.4. The Kier molecular flexibility index (Phi) is 8.55. The van der Waals surface area contributed by atoms with Crippen LogP contribution in [0.3, 0.4) is 0 Å². The quantitative estimate of drug-likeness (QED) is 0.386. The van der Waals surface area contributed by atoms with Crippen LogP contribution in [0.4, 0.5) is 4.39 Å². The third kappa shape index (κ3) is 6.10. The zero-order valence-corrected chi connectivity index (χ0v) is 20.3. The maximum absolute atomic E-state index is 15.2. The van der Waals surface area contributed by atoms with Gasteiger partial charge in [-0.3, -0.25) is 4.68 Å². The number of carbonyl (C=O) groups is 1. The van der Waals surface area contributed by atoms with E-state index >= 15 is 4.39 Å². The molecule has 1 aliphatic rings. The van der Waals surface area contributed by atoms with E-state index in [-0.39, 0.29) is 18.2 Å². The largest absolute Gasteiger partial charge is 0.480 e. The van der Waals surface area contributed by atoms with Crippen molar-refractivity contribution in [1.82, 2.24) is 9.78 Å². The molecule has 1 aliphatic carbocycles. The van der Waals surface area contributed by atoms with Crippen molar-refractivity contribution >= 4 is 17.6 Å². The molecule has 8 heteroatoms. The predicted molar refractivity (Wildman–Crippen MR) is 133 cm³/mol. The number of aliphatic hydroxyl groups is 1. The molecule has 1 heterocycles. The summed E-state index contributed by atoms with van der Waals surface area (Å²) in [4.78, 5) is 10.7. The maximum atomic E-state index is 15.2. The molecule has 6 nitrogen and oxygen atoms in total. The number of rotatable bonds is 10. The number of nitrogens with zero attached hydrogens (tertiary/aromatic N) is 2. The third-order valence-electron chi connectivity index (χ3n) is 6.65. The predicted octanol–water partition coefficient (Wildman–Crippen LogP) is 5.45. The molecular formula is C27H30ClFN2O4. The fourth-order valence-electron chi connectivity index (χ4n) is 4.92. The van der Waals surface area contributed by atoms with Crippen LogP contribution in [-0.4, -0.2) is 45.8 Å². The molecule has 0 bridgehead atoms. The van der Waals surface area contributed by atoms with Crippen LogP contribution in [-0.2, 0) is 22.5 Å². The van der Waals surface area contributed by atoms with Gasteiger partial charge < -0.3 is 14.9 Å². The van der Waals surface area contributed by atoms with Crippen molar-refractivity contribution in [3.8, 4) is 22.4 Å². The van der Waals surface area contributed by atoms with Crippen molar-refractivity contribution in [2.45, 2.75) is 38.6 Å². The standard InChI is InChI=1S/C27H30ClFN2O4/c28-22-8-4-7-21(26(22)29)25-23(13-14-32)31(30-27(25)20-5-2-1-3-6-20)15-18-9-11-19(12-10-18)16-35-17-24(33)34/h1-8,18-19,32H,9-17H2,(H,33,34)/t18-,19-. The number of halogens is 2. The Morgan fingerprint density at radius 1 is 1.09 bits per heavy atom. The van der Waals surface area contributed by atoms with Crippen LogP contribution in [0.5, 0.6) is 0 Å². The molecule has 1 saturated carbocycles. The Morgan fingerprint density at radius 3 is 2.49 bits per heavy atom. The van der Waals surface area contributed by atoms with E-state index in [1.165, 1.54) is 6.07 Å². The minimum absolute atomic E-state index is 0.0487. The molecule has 2 aromatic carbocycles. The molecule has 0 radical (unpaired) electrons. The van der Waals surface area contributed by atoms with Gasteiger partial charge in [0, 0.05) is 42.0 Å². The number of aliphatic hydroxyl groups excluding tert-OH is 1. The number of aromatic nitrogens is 2. The minimum Gasteiger partial charge on any atom is -0.480 e. The third-order valence-corrected chi connectivity index (χ3v) is 6.94. The molecule has 0 saturated heterocycles. The van der Waals surface area contributed by atoms with E-state index in [0.717, 1.165) is 36.9 Å². The lowest BCUT2D eigenvalue weighted by molar-refractivity contribution is -0.142. The minimum atomic E-state index is -0.949. The molecule has 1 aromatic heterocycles. The summed E-state index contributed by atoms with van der Waals surface area (Å²) in [5, 5.41) is 23.6. The first-order valence-corrected chi connectivity index (χ1v) is 12.4. The molecule has 35 heavy (non-hydrogen) atoms. The van der Waals surface area contributed by atoms with Gasteiger partial charge in [-0.2, -0.15) is 5.10 Å². The van der Waals surface area contributed by atoms with Crippen molar-refractivity contribution in [3.05, 3.63) is 65.1 Å². The van der Waals surface area contributed by atoms with E-state index in [2.05, 4.69) is 0 Å². The van der Waals surface area contributed by atoms with Gasteiger partial charge in [0.1, 0.15) is 18.1 Å². The number of hydrogen-bond donors (Lipinski definition) is 2. The van der Waals surface area contributed by atoms with Crippen molar-refractivity contribution in [1.29, 1.82) is 0 Å². The van der Waals surface area contributed by atoms with Crippen LogP contribution in [0, 0.1) is 17.7 Å². The average Bonchev–Trinajstić information content (AvgIpc) is 3.20. The summed E-state index contributed by atoms with van der Waals surface area (Å²) in [5.41, 5.74) is 3.39. The van der Waals surface area contributed by atoms with E-state index in [1.54, 1.807) is 12.1 Å². The highest BCUT2D eigenvalue weighted by molar-refractivity contribution is 6.31. The first-order valence-electron chi connectivity index (χ1n) is 12.0. The second-order valence-electron chi connectivity index (χ2n) is 9.09. The van der Waals surface area contributed by atoms with Crippen molar-refractivity contribution < 1.29 is 24.1 Å². The number of carboxylic acid groups (broad SMARTS) is 1. The van der Waals surface area contributed by atoms with Gasteiger partial charge in [0.05, 0.1) is 11.6 Å². The summed E-state index contributed by atoms with van der Waals surface area (Å²) in [6.07, 6.45) is 4.21. The molecule has 186 valence electrons. The molecule has 0 unspecified atom stereocenters. The SMILES string of the molecule is O=C(O)COC[C@H]1CC[C@H](Cn2nc(-c3ccccc3)c(-c3cccc(Cl)c3F)c2CCO)CC1. The topological polar surface area (TPSA) is 84.6 Å². The summed E-state index contributed by atoms with van der Waals surface area (Å²) in [7, 11) is 0. The van der Waals surface area contributed by atoms with Crippen molar-refractivity contribution in [2.75, 3.05) is 19.8 Å². The van der Waals surface area contributed by atoms with Crippen LogP contribution >= 0.6 is 11.6 Å². The van der Waals surface area contributed by atoms with E-state index in [0.29, 0.717) is 48.2 Å². The van der Waals surface area contributed by atoms with Gasteiger partial charge in [0.25, 0.3) is 0 Å². The van der Waals surface area contributed by atoms with Gasteiger partial charge in [-0.1, -0.05) is 54.1 Å². The number of hydrogen-bond acceptors (Lipinski definition) is 4. The lowest BCUT2D eigenvalue weighted by Gasteiger charge is -2.28. The van der Waals surface area contributed by atoms with Gasteiger partial charge in [-0.15, -0.1) is 0 Å². The number of ether oxygens (including phenoxy) is 1. The first-order chi connectivity index (χ1) is 17.0. The summed E-state index contributed by atoms with van der Waals surface area (Å²) < 4.78 is 22.4. The van der Waals surface area contributed by atoms with Crippen LogP contribution in [0.15, 0.2) is 48.5 Å². The molecule has 0 atom stereocenters. The summed E-state index contributed by atoms with van der Waals surface area (Å²) in [6, 6.07) is 14.6. The highest BCUT2D eigenvalue weighted by Crippen LogP contribution is 2.39. The molecule has 0 amide bonds. The molecular weight excluding hydrogens is 471 g/mol. The molecule has 3 aromatic rings. The van der Waals surface area contributed by atoms with Crippen LogP contribution in [0.2, 0.25) is 5.02 Å². The highest BCUT2D eigenvalue weighted by Gasteiger charge is 2.27. The van der Waals surface area contributed by atoms with Gasteiger partial charge in [-0.25, -0.2) is 9.18 Å². The van der Waals surface area contributed by atoms with Gasteiger partial charge in [0.2, 0.25) is 0 Å². The Bertz CT molecular complexity index is 1140. The van der Waals surface area contributed by atoms with Gasteiger partial charge in [0.15, 0.2) is 0 Å². The number of benzene rings is 2. The fraction of sp³-hybridized carbons (Fsp3) is 0.407. The normalized spacial score (nSPS) is 18.0. The number of carboxylic acids is 1. The fourth-order valence-corrected chi connectivity index (χ4v) is 5.10. The van der Waals surface area contributed by atoms with E-state index in [1.807, 2.05) is 35.0 Å². The zero-order valence-electron chi connectivity index (χ0n) is 19.5. The molecule has 4 rings (SSSR count). The Hall–Kier alpha value is -2.74. The van der Waals surface area contributed by atoms with E-state index < -0.39 is 11.8 Å². The Balaban J connectivity index is 1.62. The lowest BCUT2D eigenvalue weighted by atomic mass is 9.82. The van der Waals surface area contributed by atoms with E-state index in [4.69, 9.17) is 26.5 Å². The Labute approximate surface area is 209 Å². The Morgan fingerprint density at radius 2 is 1.80 bits per heavy atom. The van der Waals surface area contributed by atoms with Crippen molar-refractivity contribution in [2.24, 2.45) is 11.8 Å². The van der Waals surface area contributed by atoms with E-state index in [9.17, 15) is 9.90 Å². The van der Waals surface area contributed by atoms with Gasteiger partial charge >= 0.3 is 5.97 Å². The zero-order chi connectivity index (χ0) is 24.8. The molecule has 1 fully saturated rings. The molecule has 2 N–H and O–H groups in total. The highest BCUT2D eigenvalue weighted by atomic mass is 35.5.